The highest BCUT2D eigenvalue weighted by Gasteiger charge is 2.44. The van der Waals surface area contributed by atoms with Gasteiger partial charge in [-0.25, -0.2) is 4.98 Å². The fraction of sp³-hybridized carbons (Fsp3) is 0.688. The van der Waals surface area contributed by atoms with E-state index in [0.717, 1.165) is 11.5 Å². The summed E-state index contributed by atoms with van der Waals surface area (Å²) in [5, 5.41) is 3.51. The molecule has 0 amide bonds. The van der Waals surface area contributed by atoms with Gasteiger partial charge in [0.25, 0.3) is 0 Å². The van der Waals surface area contributed by atoms with Crippen LogP contribution in [0.5, 0.6) is 0 Å². The number of hydrogen-bond donors (Lipinski definition) is 2. The Balaban J connectivity index is 2.43. The molecular weight excluding hydrogens is 248 g/mol. The van der Waals surface area contributed by atoms with Crippen LogP contribution in [-0.4, -0.2) is 36.6 Å². The number of nitrogens with zero attached hydrogens (tertiary/aromatic N) is 2. The lowest BCUT2D eigenvalue weighted by atomic mass is 9.69. The van der Waals surface area contributed by atoms with Crippen molar-refractivity contribution < 1.29 is 0 Å². The number of anilines is 1. The summed E-state index contributed by atoms with van der Waals surface area (Å²) in [4.78, 5) is 6.66. The smallest absolute Gasteiger partial charge is 0.128 e. The predicted molar refractivity (Wildman–Crippen MR) is 84.5 cm³/mol. The summed E-state index contributed by atoms with van der Waals surface area (Å²) in [6.07, 6.45) is 6.76. The molecule has 3 unspecified atom stereocenters. The van der Waals surface area contributed by atoms with Crippen molar-refractivity contribution in [1.82, 2.24) is 15.2 Å². The number of likely N-dealkylation sites (N-methyl/N-ethyl adjacent to an activating group) is 2. The monoisotopic (exact) mass is 276 g/mol. The highest BCUT2D eigenvalue weighted by Crippen LogP contribution is 2.44. The first kappa shape index (κ1) is 15.3. The molecule has 0 spiro atoms. The van der Waals surface area contributed by atoms with Crippen LogP contribution in [0.1, 0.15) is 44.2 Å². The second kappa shape index (κ2) is 6.10. The summed E-state index contributed by atoms with van der Waals surface area (Å²) in [6.45, 7) is 2.36. The normalized spacial score (nSPS) is 28.6. The Morgan fingerprint density at radius 2 is 2.25 bits per heavy atom. The Labute approximate surface area is 122 Å². The molecule has 1 aromatic rings. The summed E-state index contributed by atoms with van der Waals surface area (Å²) in [5.74, 6) is 1.39. The van der Waals surface area contributed by atoms with Crippen LogP contribution in [0.15, 0.2) is 18.3 Å². The lowest BCUT2D eigenvalue weighted by Crippen LogP contribution is -2.55. The third kappa shape index (κ3) is 2.67. The number of rotatable bonds is 4. The lowest BCUT2D eigenvalue weighted by molar-refractivity contribution is 0.0394. The van der Waals surface area contributed by atoms with Gasteiger partial charge in [-0.2, -0.15) is 0 Å². The minimum Gasteiger partial charge on any atom is -0.383 e. The highest BCUT2D eigenvalue weighted by molar-refractivity contribution is 5.42. The van der Waals surface area contributed by atoms with Gasteiger partial charge in [0.1, 0.15) is 5.82 Å². The van der Waals surface area contributed by atoms with Gasteiger partial charge in [0.05, 0.1) is 6.04 Å². The van der Waals surface area contributed by atoms with Crippen molar-refractivity contribution in [3.05, 3.63) is 23.9 Å². The zero-order valence-corrected chi connectivity index (χ0v) is 13.2. The van der Waals surface area contributed by atoms with Crippen LogP contribution in [0.4, 0.5) is 5.82 Å². The van der Waals surface area contributed by atoms with Gasteiger partial charge in [-0.05, 0) is 46.0 Å². The lowest BCUT2D eigenvalue weighted by Gasteiger charge is -2.50. The maximum Gasteiger partial charge on any atom is 0.128 e. The maximum atomic E-state index is 6.13. The Morgan fingerprint density at radius 3 is 2.80 bits per heavy atom. The van der Waals surface area contributed by atoms with E-state index in [4.69, 9.17) is 5.73 Å². The number of nitrogen functional groups attached to an aromatic ring is 1. The SMILES string of the molecule is CNC(c1cccnc1N)C1(N(C)C)CCCC(C)C1. The van der Waals surface area contributed by atoms with E-state index in [1.165, 1.54) is 25.7 Å². The number of nitrogens with one attached hydrogen (secondary N) is 1. The number of aromatic nitrogens is 1. The standard InChI is InChI=1S/C16H28N4/c1-12-7-5-9-16(11-12,20(3)4)14(18-2)13-8-6-10-19-15(13)17/h6,8,10,12,14,18H,5,7,9,11H2,1-4H3,(H2,17,19). The first-order chi connectivity index (χ1) is 9.51. The van der Waals surface area contributed by atoms with Crippen LogP contribution < -0.4 is 11.1 Å². The van der Waals surface area contributed by atoms with E-state index in [0.29, 0.717) is 5.82 Å². The minimum absolute atomic E-state index is 0.115. The van der Waals surface area contributed by atoms with Crippen LogP contribution >= 0.6 is 0 Å². The van der Waals surface area contributed by atoms with Crippen molar-refractivity contribution in [3.63, 3.8) is 0 Å². The van der Waals surface area contributed by atoms with Crippen molar-refractivity contribution in [3.8, 4) is 0 Å². The molecule has 2 rings (SSSR count). The molecule has 4 heteroatoms. The number of hydrogen-bond acceptors (Lipinski definition) is 4. The van der Waals surface area contributed by atoms with Gasteiger partial charge in [0.15, 0.2) is 0 Å². The molecule has 1 aromatic heterocycles. The van der Waals surface area contributed by atoms with Gasteiger partial charge in [0, 0.05) is 17.3 Å². The fourth-order valence-electron chi connectivity index (χ4n) is 3.88. The largest absolute Gasteiger partial charge is 0.383 e. The summed E-state index contributed by atoms with van der Waals surface area (Å²) < 4.78 is 0. The molecule has 0 bridgehead atoms. The molecule has 1 aliphatic rings. The average molecular weight is 276 g/mol. The van der Waals surface area contributed by atoms with Crippen molar-refractivity contribution >= 4 is 5.82 Å². The Kier molecular flexibility index (Phi) is 4.66. The zero-order valence-electron chi connectivity index (χ0n) is 13.2. The van der Waals surface area contributed by atoms with E-state index >= 15 is 0 Å². The van der Waals surface area contributed by atoms with Gasteiger partial charge in [0.2, 0.25) is 0 Å². The molecule has 1 fully saturated rings. The van der Waals surface area contributed by atoms with Crippen LogP contribution in [0, 0.1) is 5.92 Å². The van der Waals surface area contributed by atoms with Crippen molar-refractivity contribution in [2.24, 2.45) is 5.92 Å². The van der Waals surface area contributed by atoms with Gasteiger partial charge in [-0.3, -0.25) is 0 Å². The van der Waals surface area contributed by atoms with Gasteiger partial charge < -0.3 is 16.0 Å². The maximum absolute atomic E-state index is 6.13. The molecule has 0 radical (unpaired) electrons. The van der Waals surface area contributed by atoms with Gasteiger partial charge >= 0.3 is 0 Å². The first-order valence-corrected chi connectivity index (χ1v) is 7.56. The zero-order chi connectivity index (χ0) is 14.8. The van der Waals surface area contributed by atoms with E-state index in [2.05, 4.69) is 42.3 Å². The second-order valence-corrected chi connectivity index (χ2v) is 6.40. The van der Waals surface area contributed by atoms with Crippen LogP contribution in [0.2, 0.25) is 0 Å². The fourth-order valence-corrected chi connectivity index (χ4v) is 3.88. The third-order valence-corrected chi connectivity index (χ3v) is 4.91. The predicted octanol–water partition coefficient (Wildman–Crippen LogP) is 2.43. The molecule has 3 atom stereocenters. The molecule has 112 valence electrons. The number of nitrogens with two attached hydrogens (primary N) is 1. The summed E-state index contributed by atoms with van der Waals surface area (Å²) >= 11 is 0. The summed E-state index contributed by atoms with van der Waals surface area (Å²) in [7, 11) is 6.41. The quantitative estimate of drug-likeness (QED) is 0.887. The molecule has 1 saturated carbocycles. The van der Waals surface area contributed by atoms with Crippen molar-refractivity contribution in [2.45, 2.75) is 44.2 Å². The molecular formula is C16H28N4. The molecule has 20 heavy (non-hydrogen) atoms. The molecule has 3 N–H and O–H groups in total. The minimum atomic E-state index is 0.115. The molecule has 1 heterocycles. The number of pyridine rings is 1. The van der Waals surface area contributed by atoms with E-state index in [-0.39, 0.29) is 11.6 Å². The average Bonchev–Trinajstić information content (AvgIpc) is 2.41. The molecule has 0 saturated heterocycles. The summed E-state index contributed by atoms with van der Waals surface area (Å²) in [5.41, 5.74) is 7.37. The van der Waals surface area contributed by atoms with Crippen LogP contribution in [0.3, 0.4) is 0 Å². The molecule has 1 aliphatic carbocycles. The molecule has 4 nitrogen and oxygen atoms in total. The van der Waals surface area contributed by atoms with Gasteiger partial charge in [-0.1, -0.05) is 25.8 Å². The third-order valence-electron chi connectivity index (χ3n) is 4.91. The highest BCUT2D eigenvalue weighted by atomic mass is 15.2. The second-order valence-electron chi connectivity index (χ2n) is 6.40. The first-order valence-electron chi connectivity index (χ1n) is 7.56. The van der Waals surface area contributed by atoms with Crippen molar-refractivity contribution in [2.75, 3.05) is 26.9 Å². The summed E-state index contributed by atoms with van der Waals surface area (Å²) in [6, 6.07) is 4.30. The van der Waals surface area contributed by atoms with E-state index in [1.54, 1.807) is 6.20 Å². The Bertz CT molecular complexity index is 446. The Hall–Kier alpha value is -1.13. The van der Waals surface area contributed by atoms with E-state index in [1.807, 2.05) is 13.1 Å². The van der Waals surface area contributed by atoms with E-state index < -0.39 is 0 Å². The van der Waals surface area contributed by atoms with Crippen LogP contribution in [0.25, 0.3) is 0 Å². The topological polar surface area (TPSA) is 54.2 Å². The van der Waals surface area contributed by atoms with Gasteiger partial charge in [-0.15, -0.1) is 0 Å². The Morgan fingerprint density at radius 1 is 1.50 bits per heavy atom. The van der Waals surface area contributed by atoms with E-state index in [9.17, 15) is 0 Å². The molecule has 0 aliphatic heterocycles. The van der Waals surface area contributed by atoms with Crippen LogP contribution in [-0.2, 0) is 0 Å². The molecule has 0 aromatic carbocycles. The van der Waals surface area contributed by atoms with Crippen molar-refractivity contribution in [1.29, 1.82) is 0 Å².